The summed E-state index contributed by atoms with van der Waals surface area (Å²) in [5.41, 5.74) is 11.7. The van der Waals surface area contributed by atoms with Crippen molar-refractivity contribution in [1.82, 2.24) is 14.3 Å². The summed E-state index contributed by atoms with van der Waals surface area (Å²) >= 11 is 0. The number of nitrogens with two attached hydrogens (primary N) is 1. The van der Waals surface area contributed by atoms with Crippen molar-refractivity contribution in [2.75, 3.05) is 36.8 Å². The van der Waals surface area contributed by atoms with Crippen LogP contribution in [0.15, 0.2) is 72.9 Å². The minimum absolute atomic E-state index is 0.245. The second-order valence-corrected chi connectivity index (χ2v) is 7.70. The van der Waals surface area contributed by atoms with Gasteiger partial charge >= 0.3 is 0 Å². The van der Waals surface area contributed by atoms with Crippen molar-refractivity contribution in [2.45, 2.75) is 6.54 Å². The van der Waals surface area contributed by atoms with Crippen LogP contribution >= 0.6 is 0 Å². The fourth-order valence-corrected chi connectivity index (χ4v) is 4.11. The van der Waals surface area contributed by atoms with Gasteiger partial charge in [0.2, 0.25) is 0 Å². The Balaban J connectivity index is 1.43. The van der Waals surface area contributed by atoms with Gasteiger partial charge in [0.15, 0.2) is 0 Å². The van der Waals surface area contributed by atoms with Crippen molar-refractivity contribution in [1.29, 1.82) is 0 Å². The molecule has 1 aliphatic heterocycles. The summed E-state index contributed by atoms with van der Waals surface area (Å²) in [6, 6.07) is 20.9. The van der Waals surface area contributed by atoms with Crippen molar-refractivity contribution < 1.29 is 4.39 Å². The lowest BCUT2D eigenvalue weighted by atomic mass is 10.1. The number of aromatic nitrogens is 2. The van der Waals surface area contributed by atoms with Crippen molar-refractivity contribution in [3.8, 4) is 11.3 Å². The lowest BCUT2D eigenvalue weighted by Crippen LogP contribution is -2.46. The molecule has 0 radical (unpaired) electrons. The summed E-state index contributed by atoms with van der Waals surface area (Å²) in [4.78, 5) is 9.69. The quantitative estimate of drug-likeness (QED) is 0.561. The largest absolute Gasteiger partial charge is 0.398 e. The number of nitrogen functional groups attached to an aromatic ring is 1. The predicted octanol–water partition coefficient (Wildman–Crippen LogP) is 4.04. The Labute approximate surface area is 175 Å². The lowest BCUT2D eigenvalue weighted by molar-refractivity contribution is 0.247. The Morgan fingerprint density at radius 1 is 0.867 bits per heavy atom. The molecule has 0 amide bonds. The number of pyridine rings is 1. The van der Waals surface area contributed by atoms with Crippen molar-refractivity contribution in [3.05, 3.63) is 84.4 Å². The molecule has 0 spiro atoms. The molecule has 3 heterocycles. The molecule has 0 atom stereocenters. The molecule has 0 saturated carbocycles. The SMILES string of the molecule is Nc1ccc2nc(-c3ccc(F)cc3)c(CN3CCN(c4ccccc4)CC3)n2c1. The average Bonchev–Trinajstić information content (AvgIpc) is 3.13. The minimum Gasteiger partial charge on any atom is -0.398 e. The Hall–Kier alpha value is -3.38. The normalized spacial score (nSPS) is 15.0. The van der Waals surface area contributed by atoms with Gasteiger partial charge in [-0.05, 0) is 48.5 Å². The van der Waals surface area contributed by atoms with E-state index in [0.29, 0.717) is 5.69 Å². The third kappa shape index (κ3) is 3.62. The first-order chi connectivity index (χ1) is 14.7. The maximum Gasteiger partial charge on any atom is 0.137 e. The number of hydrogen-bond donors (Lipinski definition) is 1. The van der Waals surface area contributed by atoms with Crippen LogP contribution in [-0.4, -0.2) is 40.5 Å². The minimum atomic E-state index is -0.245. The molecule has 5 nitrogen and oxygen atoms in total. The molecule has 2 N–H and O–H groups in total. The molecule has 6 heteroatoms. The summed E-state index contributed by atoms with van der Waals surface area (Å²) in [7, 11) is 0. The van der Waals surface area contributed by atoms with E-state index in [9.17, 15) is 4.39 Å². The van der Waals surface area contributed by atoms with Crippen LogP contribution in [0.1, 0.15) is 5.69 Å². The van der Waals surface area contributed by atoms with Gasteiger partial charge in [0.1, 0.15) is 11.5 Å². The maximum absolute atomic E-state index is 13.5. The molecule has 0 bridgehead atoms. The lowest BCUT2D eigenvalue weighted by Gasteiger charge is -2.36. The number of hydrogen-bond acceptors (Lipinski definition) is 4. The Kier molecular flexibility index (Phi) is 4.85. The molecule has 2 aromatic carbocycles. The standard InChI is InChI=1S/C24H24FN5/c25-19-8-6-18(7-9-19)24-22(30-16-20(26)10-11-23(30)27-24)17-28-12-14-29(15-13-28)21-4-2-1-3-5-21/h1-11,16H,12-15,17,26H2. The fourth-order valence-electron chi connectivity index (χ4n) is 4.11. The number of halogens is 1. The third-order valence-corrected chi connectivity index (χ3v) is 5.73. The van der Waals surface area contributed by atoms with E-state index in [2.05, 4.69) is 38.5 Å². The molecule has 1 saturated heterocycles. The highest BCUT2D eigenvalue weighted by molar-refractivity contribution is 5.67. The molecule has 1 fully saturated rings. The van der Waals surface area contributed by atoms with Gasteiger partial charge in [-0.3, -0.25) is 4.90 Å². The number of imidazole rings is 1. The second-order valence-electron chi connectivity index (χ2n) is 7.70. The number of anilines is 2. The van der Waals surface area contributed by atoms with E-state index in [-0.39, 0.29) is 5.82 Å². The van der Waals surface area contributed by atoms with Gasteiger partial charge in [-0.15, -0.1) is 0 Å². The zero-order valence-corrected chi connectivity index (χ0v) is 16.7. The summed E-state index contributed by atoms with van der Waals surface area (Å²) in [6.45, 7) is 4.66. The zero-order chi connectivity index (χ0) is 20.5. The van der Waals surface area contributed by atoms with Gasteiger partial charge in [-0.2, -0.15) is 0 Å². The van der Waals surface area contributed by atoms with Gasteiger partial charge in [-0.1, -0.05) is 18.2 Å². The Morgan fingerprint density at radius 2 is 1.60 bits per heavy atom. The summed E-state index contributed by atoms with van der Waals surface area (Å²) < 4.78 is 15.5. The number of rotatable bonds is 4. The first-order valence-electron chi connectivity index (χ1n) is 10.2. The smallest absolute Gasteiger partial charge is 0.137 e. The van der Waals surface area contributed by atoms with E-state index >= 15 is 0 Å². The first kappa shape index (κ1) is 18.6. The second kappa shape index (κ2) is 7.80. The molecule has 0 aliphatic carbocycles. The Bertz CT molecular complexity index is 1150. The highest BCUT2D eigenvalue weighted by atomic mass is 19.1. The van der Waals surface area contributed by atoms with Crippen LogP contribution in [0.5, 0.6) is 0 Å². The van der Waals surface area contributed by atoms with Crippen LogP contribution in [0.25, 0.3) is 16.9 Å². The van der Waals surface area contributed by atoms with Gasteiger partial charge < -0.3 is 15.0 Å². The number of para-hydroxylation sites is 1. The predicted molar refractivity (Wildman–Crippen MR) is 119 cm³/mol. The number of fused-ring (bicyclic) bond motifs is 1. The molecule has 30 heavy (non-hydrogen) atoms. The average molecular weight is 401 g/mol. The van der Waals surface area contributed by atoms with E-state index in [1.165, 1.54) is 17.8 Å². The number of nitrogens with zero attached hydrogens (tertiary/aromatic N) is 4. The molecular formula is C24H24FN5. The summed E-state index contributed by atoms with van der Waals surface area (Å²) in [5, 5.41) is 0. The van der Waals surface area contributed by atoms with Crippen LogP contribution in [-0.2, 0) is 6.54 Å². The molecule has 2 aromatic heterocycles. The van der Waals surface area contributed by atoms with Crippen molar-refractivity contribution in [3.63, 3.8) is 0 Å². The van der Waals surface area contributed by atoms with Crippen LogP contribution in [0.2, 0.25) is 0 Å². The highest BCUT2D eigenvalue weighted by Gasteiger charge is 2.21. The molecule has 0 unspecified atom stereocenters. The molecular weight excluding hydrogens is 377 g/mol. The van der Waals surface area contributed by atoms with Crippen molar-refractivity contribution in [2.24, 2.45) is 0 Å². The maximum atomic E-state index is 13.5. The van der Waals surface area contributed by atoms with E-state index in [4.69, 9.17) is 10.7 Å². The molecule has 152 valence electrons. The number of benzene rings is 2. The zero-order valence-electron chi connectivity index (χ0n) is 16.7. The monoisotopic (exact) mass is 401 g/mol. The van der Waals surface area contributed by atoms with E-state index in [0.717, 1.165) is 55.3 Å². The van der Waals surface area contributed by atoms with Gasteiger partial charge in [0.05, 0.1) is 11.4 Å². The van der Waals surface area contributed by atoms with Crippen LogP contribution < -0.4 is 10.6 Å². The van der Waals surface area contributed by atoms with Gasteiger partial charge in [0.25, 0.3) is 0 Å². The highest BCUT2D eigenvalue weighted by Crippen LogP contribution is 2.27. The van der Waals surface area contributed by atoms with Crippen LogP contribution in [0.3, 0.4) is 0 Å². The first-order valence-corrected chi connectivity index (χ1v) is 10.2. The summed E-state index contributed by atoms with van der Waals surface area (Å²) in [6.07, 6.45) is 1.92. The molecule has 5 rings (SSSR count). The van der Waals surface area contributed by atoms with Crippen LogP contribution in [0.4, 0.5) is 15.8 Å². The van der Waals surface area contributed by atoms with Crippen LogP contribution in [0, 0.1) is 5.82 Å². The summed E-state index contributed by atoms with van der Waals surface area (Å²) in [5.74, 6) is -0.245. The molecule has 4 aromatic rings. The fraction of sp³-hybridized carbons (Fsp3) is 0.208. The Morgan fingerprint density at radius 3 is 2.33 bits per heavy atom. The topological polar surface area (TPSA) is 49.8 Å². The van der Waals surface area contributed by atoms with E-state index < -0.39 is 0 Å². The number of piperazine rings is 1. The van der Waals surface area contributed by atoms with E-state index in [1.54, 1.807) is 12.1 Å². The van der Waals surface area contributed by atoms with Gasteiger partial charge in [0, 0.05) is 55.9 Å². The van der Waals surface area contributed by atoms with Gasteiger partial charge in [-0.25, -0.2) is 9.37 Å². The van der Waals surface area contributed by atoms with Crippen molar-refractivity contribution >= 4 is 17.0 Å². The third-order valence-electron chi connectivity index (χ3n) is 5.73. The molecule has 1 aliphatic rings. The van der Waals surface area contributed by atoms with E-state index in [1.807, 2.05) is 24.4 Å².